The summed E-state index contributed by atoms with van der Waals surface area (Å²) in [7, 11) is 0. The molecule has 1 saturated carbocycles. The summed E-state index contributed by atoms with van der Waals surface area (Å²) in [6.07, 6.45) is -1.65. The summed E-state index contributed by atoms with van der Waals surface area (Å²) in [5.41, 5.74) is 0.697. The minimum absolute atomic E-state index is 0.0216. The van der Waals surface area contributed by atoms with Crippen LogP contribution in [0, 0.1) is 13.8 Å². The average Bonchev–Trinajstić information content (AvgIpc) is 3.40. The summed E-state index contributed by atoms with van der Waals surface area (Å²) in [4.78, 5) is 27.9. The molecule has 5 rings (SSSR count). The molecule has 0 bridgehead atoms. The molecular weight excluding hydrogens is 515 g/mol. The van der Waals surface area contributed by atoms with E-state index in [4.69, 9.17) is 9.26 Å². The van der Waals surface area contributed by atoms with Crippen molar-refractivity contribution in [3.05, 3.63) is 41.5 Å². The van der Waals surface area contributed by atoms with Gasteiger partial charge in [-0.2, -0.15) is 13.2 Å². The van der Waals surface area contributed by atoms with Crippen LogP contribution in [-0.2, 0) is 10.9 Å². The Bertz CT molecular complexity index is 1520. The number of alkyl halides is 3. The second kappa shape index (κ2) is 9.54. The van der Waals surface area contributed by atoms with E-state index in [2.05, 4.69) is 35.7 Å². The average molecular weight is 544 g/mol. The summed E-state index contributed by atoms with van der Waals surface area (Å²) in [5.74, 6) is 0.612. The number of halogens is 3. The molecule has 0 spiro atoms. The lowest BCUT2D eigenvalue weighted by molar-refractivity contribution is -0.137. The molecule has 0 aliphatic heterocycles. The van der Waals surface area contributed by atoms with Crippen LogP contribution in [0.4, 0.5) is 23.9 Å². The zero-order valence-electron chi connectivity index (χ0n) is 22.0. The number of aryl methyl sites for hydroxylation is 2. The largest absolute Gasteiger partial charge is 0.444 e. The Labute approximate surface area is 221 Å². The molecule has 0 aromatic carbocycles. The number of anilines is 1. The first-order chi connectivity index (χ1) is 18.3. The summed E-state index contributed by atoms with van der Waals surface area (Å²) in [6, 6.07) is 2.87. The van der Waals surface area contributed by atoms with Gasteiger partial charge >= 0.3 is 12.3 Å². The molecule has 0 radical (unpaired) electrons. The number of aromatic nitrogens is 5. The van der Waals surface area contributed by atoms with Crippen molar-refractivity contribution in [2.75, 3.05) is 5.32 Å². The van der Waals surface area contributed by atoms with Gasteiger partial charge < -0.3 is 24.9 Å². The lowest BCUT2D eigenvalue weighted by Gasteiger charge is -2.37. The van der Waals surface area contributed by atoms with E-state index in [9.17, 15) is 18.0 Å². The van der Waals surface area contributed by atoms with E-state index in [1.807, 2.05) is 0 Å². The fourth-order valence-corrected chi connectivity index (χ4v) is 4.52. The van der Waals surface area contributed by atoms with Crippen LogP contribution < -0.4 is 10.6 Å². The van der Waals surface area contributed by atoms with Gasteiger partial charge in [-0.25, -0.2) is 19.7 Å². The second-order valence-electron chi connectivity index (χ2n) is 10.5. The minimum Gasteiger partial charge on any atom is -0.444 e. The molecule has 2 atom stereocenters. The van der Waals surface area contributed by atoms with Gasteiger partial charge in [0.15, 0.2) is 0 Å². The van der Waals surface area contributed by atoms with Gasteiger partial charge in [-0.05, 0) is 59.6 Å². The Balaban J connectivity index is 1.45. The molecule has 10 nitrogen and oxygen atoms in total. The molecule has 4 aromatic heterocycles. The third kappa shape index (κ3) is 5.38. The van der Waals surface area contributed by atoms with E-state index in [0.29, 0.717) is 41.0 Å². The molecule has 1 aliphatic carbocycles. The molecule has 39 heavy (non-hydrogen) atoms. The van der Waals surface area contributed by atoms with Crippen LogP contribution in [0.15, 0.2) is 29.0 Å². The monoisotopic (exact) mass is 543 g/mol. The fraction of sp³-hybridized carbons (Fsp3) is 0.423. The number of H-pyrrole nitrogens is 1. The zero-order chi connectivity index (χ0) is 28.1. The predicted molar refractivity (Wildman–Crippen MR) is 137 cm³/mol. The highest BCUT2D eigenvalue weighted by Gasteiger charge is 2.38. The van der Waals surface area contributed by atoms with Gasteiger partial charge in [0.2, 0.25) is 5.95 Å². The van der Waals surface area contributed by atoms with Crippen LogP contribution in [0.2, 0.25) is 0 Å². The topological polar surface area (TPSA) is 131 Å². The van der Waals surface area contributed by atoms with E-state index in [0.717, 1.165) is 11.8 Å². The molecule has 1 amide bonds. The number of rotatable bonds is 5. The van der Waals surface area contributed by atoms with Crippen LogP contribution >= 0.6 is 0 Å². The van der Waals surface area contributed by atoms with Crippen molar-refractivity contribution in [1.29, 1.82) is 0 Å². The Kier molecular flexibility index (Phi) is 6.47. The maximum Gasteiger partial charge on any atom is 0.419 e. The Morgan fingerprint density at radius 2 is 1.87 bits per heavy atom. The molecule has 0 unspecified atom stereocenters. The summed E-state index contributed by atoms with van der Waals surface area (Å²) in [5, 5.41) is 10.3. The summed E-state index contributed by atoms with van der Waals surface area (Å²) in [6.45, 7) is 8.84. The first kappa shape index (κ1) is 26.4. The molecule has 3 N–H and O–H groups in total. The SMILES string of the molecule is Cc1noc(C)c1-c1ccc2c(-c3nc(N[C@H]4CC[C@@H]4NC(=O)OC(C)(C)C)ncc3C(F)(F)F)c[nH]c2n1. The Morgan fingerprint density at radius 1 is 1.13 bits per heavy atom. The van der Waals surface area contributed by atoms with E-state index in [1.54, 1.807) is 46.8 Å². The van der Waals surface area contributed by atoms with Crippen molar-refractivity contribution >= 4 is 23.1 Å². The van der Waals surface area contributed by atoms with E-state index in [1.165, 1.54) is 6.20 Å². The van der Waals surface area contributed by atoms with Crippen LogP contribution in [0.5, 0.6) is 0 Å². The van der Waals surface area contributed by atoms with Crippen LogP contribution in [0.1, 0.15) is 50.6 Å². The highest BCUT2D eigenvalue weighted by atomic mass is 19.4. The van der Waals surface area contributed by atoms with Crippen LogP contribution in [-0.4, -0.2) is 48.9 Å². The van der Waals surface area contributed by atoms with E-state index < -0.39 is 23.4 Å². The normalized spacial score (nSPS) is 17.6. The number of hydrogen-bond donors (Lipinski definition) is 3. The van der Waals surface area contributed by atoms with Crippen molar-refractivity contribution in [2.24, 2.45) is 0 Å². The molecular formula is C26H28F3N7O3. The van der Waals surface area contributed by atoms with Gasteiger partial charge in [0.05, 0.1) is 28.7 Å². The molecule has 4 aromatic rings. The number of carbonyl (C=O) groups is 1. The number of aromatic amines is 1. The molecule has 13 heteroatoms. The minimum atomic E-state index is -4.68. The summed E-state index contributed by atoms with van der Waals surface area (Å²) >= 11 is 0. The Hall–Kier alpha value is -4.16. The van der Waals surface area contributed by atoms with Crippen molar-refractivity contribution in [1.82, 2.24) is 30.4 Å². The van der Waals surface area contributed by atoms with Crippen molar-refractivity contribution in [2.45, 2.75) is 71.3 Å². The van der Waals surface area contributed by atoms with E-state index >= 15 is 0 Å². The van der Waals surface area contributed by atoms with Gasteiger partial charge in [-0.15, -0.1) is 0 Å². The quantitative estimate of drug-likeness (QED) is 0.289. The van der Waals surface area contributed by atoms with Crippen molar-refractivity contribution < 1.29 is 27.2 Å². The van der Waals surface area contributed by atoms with Gasteiger partial charge in [0, 0.05) is 29.4 Å². The van der Waals surface area contributed by atoms with Gasteiger partial charge in [-0.3, -0.25) is 0 Å². The van der Waals surface area contributed by atoms with Gasteiger partial charge in [0.1, 0.15) is 22.6 Å². The van der Waals surface area contributed by atoms with Crippen molar-refractivity contribution in [3.63, 3.8) is 0 Å². The predicted octanol–water partition coefficient (Wildman–Crippen LogP) is 5.78. The first-order valence-corrected chi connectivity index (χ1v) is 12.4. The van der Waals surface area contributed by atoms with Gasteiger partial charge in [-0.1, -0.05) is 5.16 Å². The number of nitrogens with zero attached hydrogens (tertiary/aromatic N) is 4. The number of amides is 1. The maximum atomic E-state index is 14.0. The highest BCUT2D eigenvalue weighted by molar-refractivity contribution is 5.94. The van der Waals surface area contributed by atoms with Crippen LogP contribution in [0.3, 0.4) is 0 Å². The third-order valence-corrected chi connectivity index (χ3v) is 6.47. The number of fused-ring (bicyclic) bond motifs is 1. The third-order valence-electron chi connectivity index (χ3n) is 6.47. The Morgan fingerprint density at radius 3 is 2.49 bits per heavy atom. The second-order valence-corrected chi connectivity index (χ2v) is 10.5. The van der Waals surface area contributed by atoms with Crippen LogP contribution in [0.25, 0.3) is 33.5 Å². The van der Waals surface area contributed by atoms with E-state index in [-0.39, 0.29) is 29.3 Å². The molecule has 0 saturated heterocycles. The molecule has 206 valence electrons. The lowest BCUT2D eigenvalue weighted by atomic mass is 9.86. The maximum absolute atomic E-state index is 14.0. The smallest absolute Gasteiger partial charge is 0.419 e. The van der Waals surface area contributed by atoms with Crippen molar-refractivity contribution in [3.8, 4) is 22.5 Å². The lowest BCUT2D eigenvalue weighted by Crippen LogP contribution is -2.54. The highest BCUT2D eigenvalue weighted by Crippen LogP contribution is 2.39. The number of pyridine rings is 1. The summed E-state index contributed by atoms with van der Waals surface area (Å²) < 4.78 is 52.5. The molecule has 1 aliphatic rings. The number of alkyl carbamates (subject to hydrolysis) is 1. The zero-order valence-corrected chi connectivity index (χ0v) is 22.0. The number of carbonyl (C=O) groups excluding carboxylic acids is 1. The standard InChI is InChI=1S/C26H28F3N7O3/c1-12-20(13(2)39-36-12)19-7-6-14-15(10-30-22(14)32-19)21-16(26(27,28)29)11-31-23(35-21)33-17-8-9-18(17)34-24(37)38-25(3,4)5/h6-7,10-11,17-18H,8-9H2,1-5H3,(H,30,32)(H,34,37)(H,31,33,35)/t17-,18-/m0/s1. The number of ether oxygens (including phenoxy) is 1. The molecule has 4 heterocycles. The molecule has 1 fully saturated rings. The first-order valence-electron chi connectivity index (χ1n) is 12.4. The fourth-order valence-electron chi connectivity index (χ4n) is 4.52. The number of hydrogen-bond acceptors (Lipinski definition) is 8. The number of nitrogens with one attached hydrogen (secondary N) is 3. The van der Waals surface area contributed by atoms with Gasteiger partial charge in [0.25, 0.3) is 0 Å².